The average Bonchev–Trinajstić information content (AvgIpc) is 2.75. The Balaban J connectivity index is 1.51. The highest BCUT2D eigenvalue weighted by Crippen LogP contribution is 2.19. The zero-order valence-electron chi connectivity index (χ0n) is 15.6. The van der Waals surface area contributed by atoms with E-state index in [0.29, 0.717) is 25.6 Å². The minimum atomic E-state index is -0.281. The van der Waals surface area contributed by atoms with Gasteiger partial charge in [-0.2, -0.15) is 0 Å². The second kappa shape index (κ2) is 10.0. The SMILES string of the molecule is COCCNC(=O)c1cnc(Nc2ccc(OCc3ccccc3)cc2)cn1. The summed E-state index contributed by atoms with van der Waals surface area (Å²) < 4.78 is 10.7. The highest BCUT2D eigenvalue weighted by Gasteiger charge is 2.07. The zero-order valence-corrected chi connectivity index (χ0v) is 15.6. The van der Waals surface area contributed by atoms with E-state index in [4.69, 9.17) is 9.47 Å². The number of nitrogens with one attached hydrogen (secondary N) is 2. The van der Waals surface area contributed by atoms with Crippen LogP contribution in [0.15, 0.2) is 67.0 Å². The summed E-state index contributed by atoms with van der Waals surface area (Å²) in [5.41, 5.74) is 2.22. The van der Waals surface area contributed by atoms with Gasteiger partial charge >= 0.3 is 0 Å². The lowest BCUT2D eigenvalue weighted by atomic mass is 10.2. The van der Waals surface area contributed by atoms with Crippen molar-refractivity contribution in [1.82, 2.24) is 15.3 Å². The molecule has 0 saturated heterocycles. The molecule has 0 aliphatic heterocycles. The van der Waals surface area contributed by atoms with Gasteiger partial charge in [0.15, 0.2) is 0 Å². The molecular weight excluding hydrogens is 356 g/mol. The molecule has 28 heavy (non-hydrogen) atoms. The lowest BCUT2D eigenvalue weighted by molar-refractivity contribution is 0.0932. The van der Waals surface area contributed by atoms with Gasteiger partial charge in [-0.3, -0.25) is 4.79 Å². The monoisotopic (exact) mass is 378 g/mol. The standard InChI is InChI=1S/C21H22N4O3/c1-27-12-11-22-21(26)19-13-24-20(14-23-19)25-17-7-9-18(10-8-17)28-15-16-5-3-2-4-6-16/h2-10,13-14H,11-12,15H2,1H3,(H,22,26)(H,24,25). The second-order valence-electron chi connectivity index (χ2n) is 5.96. The van der Waals surface area contributed by atoms with E-state index < -0.39 is 0 Å². The van der Waals surface area contributed by atoms with Gasteiger partial charge in [0.1, 0.15) is 23.9 Å². The third-order valence-corrected chi connectivity index (χ3v) is 3.85. The number of ether oxygens (including phenoxy) is 2. The molecule has 2 N–H and O–H groups in total. The van der Waals surface area contributed by atoms with Gasteiger partial charge in [-0.25, -0.2) is 9.97 Å². The third-order valence-electron chi connectivity index (χ3n) is 3.85. The van der Waals surface area contributed by atoms with Crippen LogP contribution in [0.1, 0.15) is 16.1 Å². The topological polar surface area (TPSA) is 85.4 Å². The Morgan fingerprint density at radius 2 is 1.79 bits per heavy atom. The summed E-state index contributed by atoms with van der Waals surface area (Å²) in [6.45, 7) is 1.40. The summed E-state index contributed by atoms with van der Waals surface area (Å²) >= 11 is 0. The molecule has 0 bridgehead atoms. The number of aromatic nitrogens is 2. The molecule has 0 aliphatic carbocycles. The Morgan fingerprint density at radius 3 is 2.46 bits per heavy atom. The number of nitrogens with zero attached hydrogens (tertiary/aromatic N) is 2. The second-order valence-corrected chi connectivity index (χ2v) is 5.96. The molecule has 144 valence electrons. The largest absolute Gasteiger partial charge is 0.489 e. The third kappa shape index (κ3) is 5.78. The molecule has 0 aliphatic rings. The Bertz CT molecular complexity index is 868. The van der Waals surface area contributed by atoms with Crippen LogP contribution in [0.2, 0.25) is 0 Å². The molecule has 7 nitrogen and oxygen atoms in total. The number of rotatable bonds is 9. The van der Waals surface area contributed by atoms with E-state index in [1.165, 1.54) is 12.4 Å². The van der Waals surface area contributed by atoms with Crippen molar-refractivity contribution in [3.8, 4) is 5.75 Å². The first-order valence-electron chi connectivity index (χ1n) is 8.87. The van der Waals surface area contributed by atoms with Crippen LogP contribution in [-0.4, -0.2) is 36.1 Å². The highest BCUT2D eigenvalue weighted by molar-refractivity contribution is 5.92. The normalized spacial score (nSPS) is 10.3. The number of hydrogen-bond acceptors (Lipinski definition) is 6. The van der Waals surface area contributed by atoms with E-state index in [0.717, 1.165) is 17.0 Å². The number of carbonyl (C=O) groups is 1. The Hall–Kier alpha value is -3.45. The molecule has 0 spiro atoms. The molecule has 1 heterocycles. The fraction of sp³-hybridized carbons (Fsp3) is 0.190. The molecule has 0 fully saturated rings. The molecule has 0 saturated carbocycles. The van der Waals surface area contributed by atoms with Crippen molar-refractivity contribution >= 4 is 17.4 Å². The summed E-state index contributed by atoms with van der Waals surface area (Å²) in [5, 5.41) is 5.84. The van der Waals surface area contributed by atoms with Crippen molar-refractivity contribution in [1.29, 1.82) is 0 Å². The van der Waals surface area contributed by atoms with Crippen LogP contribution in [-0.2, 0) is 11.3 Å². The van der Waals surface area contributed by atoms with E-state index >= 15 is 0 Å². The summed E-state index contributed by atoms with van der Waals surface area (Å²) in [5.74, 6) is 1.05. The van der Waals surface area contributed by atoms with Crippen LogP contribution in [0, 0.1) is 0 Å². The molecule has 2 aromatic carbocycles. The van der Waals surface area contributed by atoms with Crippen molar-refractivity contribution < 1.29 is 14.3 Å². The van der Waals surface area contributed by atoms with Crippen molar-refractivity contribution in [2.75, 3.05) is 25.6 Å². The zero-order chi connectivity index (χ0) is 19.6. The number of anilines is 2. The molecule has 0 radical (unpaired) electrons. The van der Waals surface area contributed by atoms with E-state index in [2.05, 4.69) is 20.6 Å². The van der Waals surface area contributed by atoms with Gasteiger partial charge in [0.05, 0.1) is 19.0 Å². The molecule has 1 amide bonds. The minimum absolute atomic E-state index is 0.256. The van der Waals surface area contributed by atoms with Crippen LogP contribution < -0.4 is 15.4 Å². The van der Waals surface area contributed by atoms with Crippen molar-refractivity contribution in [3.05, 3.63) is 78.2 Å². The van der Waals surface area contributed by atoms with E-state index in [1.54, 1.807) is 7.11 Å². The van der Waals surface area contributed by atoms with Gasteiger partial charge in [-0.1, -0.05) is 30.3 Å². The number of carbonyl (C=O) groups excluding carboxylic acids is 1. The van der Waals surface area contributed by atoms with Gasteiger partial charge < -0.3 is 20.1 Å². The number of benzene rings is 2. The quantitative estimate of drug-likeness (QED) is 0.556. The summed E-state index contributed by atoms with van der Waals surface area (Å²) in [4.78, 5) is 20.2. The van der Waals surface area contributed by atoms with Gasteiger partial charge in [0.2, 0.25) is 0 Å². The fourth-order valence-electron chi connectivity index (χ4n) is 2.39. The first-order valence-corrected chi connectivity index (χ1v) is 8.87. The van der Waals surface area contributed by atoms with Gasteiger partial charge in [0, 0.05) is 19.3 Å². The van der Waals surface area contributed by atoms with E-state index in [9.17, 15) is 4.79 Å². The molecular formula is C21H22N4O3. The number of hydrogen-bond donors (Lipinski definition) is 2. The molecule has 3 aromatic rings. The lowest BCUT2D eigenvalue weighted by Gasteiger charge is -2.09. The van der Waals surface area contributed by atoms with E-state index in [1.807, 2.05) is 54.6 Å². The maximum absolute atomic E-state index is 11.9. The van der Waals surface area contributed by atoms with Crippen LogP contribution in [0.3, 0.4) is 0 Å². The molecule has 1 aromatic heterocycles. The Kier molecular flexibility index (Phi) is 6.92. The Labute approximate surface area is 163 Å². The van der Waals surface area contributed by atoms with Gasteiger partial charge in [-0.15, -0.1) is 0 Å². The minimum Gasteiger partial charge on any atom is -0.489 e. The number of amides is 1. The van der Waals surface area contributed by atoms with Gasteiger partial charge in [0.25, 0.3) is 5.91 Å². The first-order chi connectivity index (χ1) is 13.7. The maximum Gasteiger partial charge on any atom is 0.271 e. The summed E-state index contributed by atoms with van der Waals surface area (Å²) in [7, 11) is 1.58. The van der Waals surface area contributed by atoms with Gasteiger partial charge in [-0.05, 0) is 29.8 Å². The van der Waals surface area contributed by atoms with Crippen LogP contribution >= 0.6 is 0 Å². The van der Waals surface area contributed by atoms with Crippen molar-refractivity contribution in [2.24, 2.45) is 0 Å². The highest BCUT2D eigenvalue weighted by atomic mass is 16.5. The summed E-state index contributed by atoms with van der Waals surface area (Å²) in [6.07, 6.45) is 2.95. The lowest BCUT2D eigenvalue weighted by Crippen LogP contribution is -2.27. The maximum atomic E-state index is 11.9. The molecule has 7 heteroatoms. The van der Waals surface area contributed by atoms with Crippen LogP contribution in [0.25, 0.3) is 0 Å². The average molecular weight is 378 g/mol. The molecule has 0 atom stereocenters. The van der Waals surface area contributed by atoms with Crippen LogP contribution in [0.5, 0.6) is 5.75 Å². The Morgan fingerprint density at radius 1 is 1.00 bits per heavy atom. The van der Waals surface area contributed by atoms with Crippen molar-refractivity contribution in [3.63, 3.8) is 0 Å². The van der Waals surface area contributed by atoms with E-state index in [-0.39, 0.29) is 11.6 Å². The smallest absolute Gasteiger partial charge is 0.271 e. The predicted octanol–water partition coefficient (Wildman–Crippen LogP) is 3.18. The molecule has 0 unspecified atom stereocenters. The first kappa shape index (κ1) is 19.3. The fourth-order valence-corrected chi connectivity index (χ4v) is 2.39. The predicted molar refractivity (Wildman–Crippen MR) is 107 cm³/mol. The molecule has 3 rings (SSSR count). The summed E-state index contributed by atoms with van der Waals surface area (Å²) in [6, 6.07) is 17.6. The van der Waals surface area contributed by atoms with Crippen molar-refractivity contribution in [2.45, 2.75) is 6.61 Å². The number of methoxy groups -OCH3 is 1. The van der Waals surface area contributed by atoms with Crippen LogP contribution in [0.4, 0.5) is 11.5 Å².